The van der Waals surface area contributed by atoms with E-state index >= 15 is 0 Å². The van der Waals surface area contributed by atoms with Crippen LogP contribution in [0.3, 0.4) is 0 Å². The number of hydrogen-bond acceptors (Lipinski definition) is 4. The van der Waals surface area contributed by atoms with Gasteiger partial charge in [0.2, 0.25) is 5.91 Å². The van der Waals surface area contributed by atoms with Gasteiger partial charge in [-0.05, 0) is 36.8 Å². The number of piperazine rings is 1. The Morgan fingerprint density at radius 1 is 1.25 bits per heavy atom. The summed E-state index contributed by atoms with van der Waals surface area (Å²) in [6.07, 6.45) is 0. The van der Waals surface area contributed by atoms with Gasteiger partial charge in [-0.25, -0.2) is 0 Å². The minimum atomic E-state index is -0.0533. The molecule has 2 amide bonds. The van der Waals surface area contributed by atoms with Crippen LogP contribution in [0.5, 0.6) is 5.75 Å². The van der Waals surface area contributed by atoms with E-state index in [1.807, 2.05) is 43.3 Å². The smallest absolute Gasteiger partial charge is 0.264 e. The van der Waals surface area contributed by atoms with Gasteiger partial charge in [-0.2, -0.15) is 0 Å². The van der Waals surface area contributed by atoms with Crippen LogP contribution in [0.2, 0.25) is 0 Å². The molecule has 0 bridgehead atoms. The topological polar surface area (TPSA) is 49.9 Å². The number of methoxy groups -OCH3 is 1. The van der Waals surface area contributed by atoms with Gasteiger partial charge in [-0.3, -0.25) is 9.59 Å². The van der Waals surface area contributed by atoms with Crippen molar-refractivity contribution in [3.63, 3.8) is 0 Å². The second kappa shape index (κ2) is 7.05. The van der Waals surface area contributed by atoms with Crippen LogP contribution < -0.4 is 4.74 Å². The predicted octanol–water partition coefficient (Wildman–Crippen LogP) is 2.55. The zero-order valence-electron chi connectivity index (χ0n) is 13.8. The number of carbonyl (C=O) groups excluding carboxylic acids is 2. The van der Waals surface area contributed by atoms with Gasteiger partial charge in [0.15, 0.2) is 0 Å². The molecule has 0 radical (unpaired) electrons. The summed E-state index contributed by atoms with van der Waals surface area (Å²) in [6.45, 7) is 3.76. The Balaban J connectivity index is 1.62. The molecule has 0 aliphatic carbocycles. The molecule has 1 fully saturated rings. The lowest BCUT2D eigenvalue weighted by Gasteiger charge is -2.34. The number of carbonyl (C=O) groups is 2. The van der Waals surface area contributed by atoms with Gasteiger partial charge in [0.1, 0.15) is 12.3 Å². The Bertz CT molecular complexity index is 756. The molecular formula is C18H20N2O3S. The van der Waals surface area contributed by atoms with Crippen LogP contribution >= 0.6 is 11.3 Å². The Morgan fingerprint density at radius 3 is 2.75 bits per heavy atom. The summed E-state index contributed by atoms with van der Waals surface area (Å²) in [4.78, 5) is 30.1. The van der Waals surface area contributed by atoms with Crippen molar-refractivity contribution in [1.82, 2.24) is 9.80 Å². The third-order valence-corrected chi connectivity index (χ3v) is 5.05. The number of thiophene rings is 1. The summed E-state index contributed by atoms with van der Waals surface area (Å²) in [5.74, 6) is 0.704. The minimum absolute atomic E-state index is 0.0225. The number of ether oxygens (including phenoxy) is 1. The van der Waals surface area contributed by atoms with Gasteiger partial charge in [0, 0.05) is 24.5 Å². The lowest BCUT2D eigenvalue weighted by Crippen LogP contribution is -2.51. The average molecular weight is 344 g/mol. The monoisotopic (exact) mass is 344 g/mol. The highest BCUT2D eigenvalue weighted by atomic mass is 32.1. The number of rotatable bonds is 4. The maximum Gasteiger partial charge on any atom is 0.264 e. The van der Waals surface area contributed by atoms with Crippen molar-refractivity contribution in [2.45, 2.75) is 13.5 Å². The fourth-order valence-corrected chi connectivity index (χ4v) is 3.58. The number of amides is 2. The van der Waals surface area contributed by atoms with Crippen LogP contribution in [0, 0.1) is 6.92 Å². The van der Waals surface area contributed by atoms with Crippen LogP contribution in [0.1, 0.15) is 20.1 Å². The fraction of sp³-hybridized carbons (Fsp3) is 0.333. The highest BCUT2D eigenvalue weighted by molar-refractivity contribution is 7.13. The van der Waals surface area contributed by atoms with Crippen molar-refractivity contribution < 1.29 is 14.3 Å². The zero-order valence-corrected chi connectivity index (χ0v) is 14.6. The molecule has 0 atom stereocenters. The lowest BCUT2D eigenvalue weighted by atomic mass is 10.2. The van der Waals surface area contributed by atoms with E-state index in [1.165, 1.54) is 11.3 Å². The summed E-state index contributed by atoms with van der Waals surface area (Å²) in [7, 11) is 1.63. The number of nitrogens with zero attached hydrogens (tertiary/aromatic N) is 2. The molecule has 2 heterocycles. The SMILES string of the molecule is COc1cccc(CN2CCN(C(=O)c3ccc(C)s3)CC2=O)c1. The predicted molar refractivity (Wildman–Crippen MR) is 93.4 cm³/mol. The third kappa shape index (κ3) is 3.59. The van der Waals surface area contributed by atoms with E-state index in [4.69, 9.17) is 4.74 Å². The number of benzene rings is 1. The molecule has 0 spiro atoms. The van der Waals surface area contributed by atoms with Crippen LogP contribution in [0.25, 0.3) is 0 Å². The molecule has 5 nitrogen and oxygen atoms in total. The van der Waals surface area contributed by atoms with Gasteiger partial charge in [0.05, 0.1) is 12.0 Å². The molecule has 6 heteroatoms. The van der Waals surface area contributed by atoms with E-state index in [1.54, 1.807) is 16.9 Å². The van der Waals surface area contributed by atoms with Crippen molar-refractivity contribution in [3.8, 4) is 5.75 Å². The highest BCUT2D eigenvalue weighted by Gasteiger charge is 2.28. The molecule has 1 aliphatic rings. The van der Waals surface area contributed by atoms with E-state index in [9.17, 15) is 9.59 Å². The summed E-state index contributed by atoms with van der Waals surface area (Å²) in [5.41, 5.74) is 1.02. The molecule has 0 unspecified atom stereocenters. The van der Waals surface area contributed by atoms with Crippen molar-refractivity contribution in [1.29, 1.82) is 0 Å². The van der Waals surface area contributed by atoms with Crippen molar-refractivity contribution >= 4 is 23.2 Å². The van der Waals surface area contributed by atoms with Crippen LogP contribution in [-0.4, -0.2) is 48.4 Å². The number of aryl methyl sites for hydroxylation is 1. The van der Waals surface area contributed by atoms with Crippen LogP contribution in [0.4, 0.5) is 0 Å². The first-order valence-electron chi connectivity index (χ1n) is 7.83. The van der Waals surface area contributed by atoms with E-state index in [0.29, 0.717) is 24.5 Å². The van der Waals surface area contributed by atoms with E-state index in [-0.39, 0.29) is 18.4 Å². The molecule has 1 aliphatic heterocycles. The largest absolute Gasteiger partial charge is 0.497 e. The van der Waals surface area contributed by atoms with Crippen molar-refractivity contribution in [2.24, 2.45) is 0 Å². The molecule has 2 aromatic rings. The van der Waals surface area contributed by atoms with Crippen molar-refractivity contribution in [3.05, 3.63) is 51.7 Å². The first kappa shape index (κ1) is 16.5. The normalized spacial score (nSPS) is 14.8. The Morgan fingerprint density at radius 2 is 2.08 bits per heavy atom. The van der Waals surface area contributed by atoms with Gasteiger partial charge >= 0.3 is 0 Å². The molecular weight excluding hydrogens is 324 g/mol. The van der Waals surface area contributed by atoms with Crippen molar-refractivity contribution in [2.75, 3.05) is 26.7 Å². The quantitative estimate of drug-likeness (QED) is 0.856. The molecule has 0 N–H and O–H groups in total. The number of hydrogen-bond donors (Lipinski definition) is 0. The molecule has 126 valence electrons. The molecule has 0 saturated carbocycles. The average Bonchev–Trinajstić information content (AvgIpc) is 3.02. The minimum Gasteiger partial charge on any atom is -0.497 e. The molecule has 1 aromatic carbocycles. The maximum atomic E-state index is 12.5. The van der Waals surface area contributed by atoms with Gasteiger partial charge in [-0.15, -0.1) is 11.3 Å². The van der Waals surface area contributed by atoms with Crippen LogP contribution in [0.15, 0.2) is 36.4 Å². The maximum absolute atomic E-state index is 12.5. The van der Waals surface area contributed by atoms with E-state index < -0.39 is 0 Å². The Labute approximate surface area is 145 Å². The second-order valence-corrected chi connectivity index (χ2v) is 7.09. The Hall–Kier alpha value is -2.34. The summed E-state index contributed by atoms with van der Waals surface area (Å²) in [6, 6.07) is 11.5. The highest BCUT2D eigenvalue weighted by Crippen LogP contribution is 2.20. The fourth-order valence-electron chi connectivity index (χ4n) is 2.75. The van der Waals surface area contributed by atoms with E-state index in [0.717, 1.165) is 16.2 Å². The first-order valence-corrected chi connectivity index (χ1v) is 8.65. The third-order valence-electron chi connectivity index (χ3n) is 4.06. The molecule has 3 rings (SSSR count). The van der Waals surface area contributed by atoms with Gasteiger partial charge in [0.25, 0.3) is 5.91 Å². The van der Waals surface area contributed by atoms with Gasteiger partial charge in [-0.1, -0.05) is 12.1 Å². The summed E-state index contributed by atoms with van der Waals surface area (Å²) in [5, 5.41) is 0. The lowest BCUT2D eigenvalue weighted by molar-refractivity contribution is -0.135. The Kier molecular flexibility index (Phi) is 4.85. The van der Waals surface area contributed by atoms with E-state index in [2.05, 4.69) is 0 Å². The molecule has 1 aromatic heterocycles. The van der Waals surface area contributed by atoms with Gasteiger partial charge < -0.3 is 14.5 Å². The molecule has 24 heavy (non-hydrogen) atoms. The summed E-state index contributed by atoms with van der Waals surface area (Å²) < 4.78 is 5.22. The summed E-state index contributed by atoms with van der Waals surface area (Å²) >= 11 is 1.47. The zero-order chi connectivity index (χ0) is 17.1. The first-order chi connectivity index (χ1) is 11.6. The molecule has 1 saturated heterocycles. The van der Waals surface area contributed by atoms with Crippen LogP contribution in [-0.2, 0) is 11.3 Å². The second-order valence-electron chi connectivity index (χ2n) is 5.80. The standard InChI is InChI=1S/C18H20N2O3S/c1-13-6-7-16(24-13)18(22)20-9-8-19(17(21)12-20)11-14-4-3-5-15(10-14)23-2/h3-7,10H,8-9,11-12H2,1-2H3.